The van der Waals surface area contributed by atoms with Gasteiger partial charge >= 0.3 is 0 Å². The van der Waals surface area contributed by atoms with Crippen molar-refractivity contribution in [2.24, 2.45) is 0 Å². The summed E-state index contributed by atoms with van der Waals surface area (Å²) < 4.78 is 10.2. The molecule has 0 saturated heterocycles. The number of rotatable bonds is 5. The Balaban J connectivity index is 1.47. The van der Waals surface area contributed by atoms with Crippen molar-refractivity contribution in [1.82, 2.24) is 23.6 Å². The molecule has 0 amide bonds. The minimum Gasteiger partial charge on any atom is -0.114 e. The van der Waals surface area contributed by atoms with Crippen LogP contribution in [0.4, 0.5) is 0 Å². The third-order valence-corrected chi connectivity index (χ3v) is 10.6. The molecule has 1 atom stereocenters. The third kappa shape index (κ3) is 2.80. The minimum absolute atomic E-state index is 0.297. The summed E-state index contributed by atoms with van der Waals surface area (Å²) >= 11 is 0. The van der Waals surface area contributed by atoms with Crippen molar-refractivity contribution >= 4 is 22.3 Å². The van der Waals surface area contributed by atoms with Gasteiger partial charge in [0.1, 0.15) is 44.2 Å². The van der Waals surface area contributed by atoms with Crippen LogP contribution in [0.1, 0.15) is 46.4 Å². The lowest BCUT2D eigenvalue weighted by molar-refractivity contribution is -0.0722. The fourth-order valence-electron chi connectivity index (χ4n) is 8.81. The molecule has 0 saturated carbocycles. The standard InChI is InChI=1S/C43H30N5/c1-3-28(4-2)40-32-20-22-34-41(29-14-8-5-9-15-29)36-24-26-38-43(31-18-12-7-13-19-31)39-27-25-37-42(30-16-10-6-11-17-30)35-23-21-33(40)45(35)48(44(32)34,46(36)38)47(37)39/h3-27H,1H2,2H3/q+1/b28-4+. The van der Waals surface area contributed by atoms with E-state index in [1.165, 1.54) is 72.1 Å². The van der Waals surface area contributed by atoms with E-state index in [0.717, 1.165) is 16.6 Å². The van der Waals surface area contributed by atoms with E-state index in [2.05, 4.69) is 178 Å². The Hall–Kier alpha value is -6.30. The van der Waals surface area contributed by atoms with Gasteiger partial charge in [0.15, 0.2) is 0 Å². The molecule has 4 aliphatic heterocycles. The summed E-state index contributed by atoms with van der Waals surface area (Å²) in [5, 5.41) is 4.69. The van der Waals surface area contributed by atoms with Crippen LogP contribution in [0, 0.1) is 0 Å². The highest BCUT2D eigenvalue weighted by atomic mass is 16.2. The van der Waals surface area contributed by atoms with Gasteiger partial charge in [-0.2, -0.15) is 0 Å². The Kier molecular flexibility index (Phi) is 4.81. The first-order chi connectivity index (χ1) is 23.8. The smallest absolute Gasteiger partial charge is 0.113 e. The van der Waals surface area contributed by atoms with Gasteiger partial charge in [-0.05, 0) is 77.7 Å². The zero-order valence-electron chi connectivity index (χ0n) is 26.4. The lowest BCUT2D eigenvalue weighted by Gasteiger charge is -2.48. The molecule has 0 bridgehead atoms. The normalized spacial score (nSPS) is 17.8. The van der Waals surface area contributed by atoms with Gasteiger partial charge in [-0.1, -0.05) is 110 Å². The molecule has 0 radical (unpaired) electrons. The zero-order chi connectivity index (χ0) is 31.7. The van der Waals surface area contributed by atoms with E-state index < -0.39 is 0 Å². The van der Waals surface area contributed by atoms with Gasteiger partial charge in [0.05, 0.1) is 4.92 Å². The van der Waals surface area contributed by atoms with Gasteiger partial charge in [-0.15, -0.1) is 18.7 Å². The second-order valence-electron chi connectivity index (χ2n) is 12.7. The van der Waals surface area contributed by atoms with Gasteiger partial charge in [-0.3, -0.25) is 0 Å². The third-order valence-electron chi connectivity index (χ3n) is 10.6. The van der Waals surface area contributed by atoms with Crippen molar-refractivity contribution in [3.63, 3.8) is 0 Å². The highest BCUT2D eigenvalue weighted by Crippen LogP contribution is 2.42. The van der Waals surface area contributed by atoms with Crippen LogP contribution in [0.25, 0.3) is 22.3 Å². The lowest BCUT2D eigenvalue weighted by atomic mass is 10.0. The van der Waals surface area contributed by atoms with Crippen LogP contribution in [0.5, 0.6) is 0 Å². The molecule has 4 aromatic heterocycles. The van der Waals surface area contributed by atoms with Crippen LogP contribution in [-0.2, 0) is 0 Å². The SMILES string of the molecule is C=C/C(=C\C)C1=c2ccc3n2[N+]24n5c1ccc5C(c1ccccc1)=c1ccc(n12)=C(c1ccccc1)c1ccc(n14)C=3c1ccccc1. The van der Waals surface area contributed by atoms with E-state index in [1.54, 1.807) is 0 Å². The van der Waals surface area contributed by atoms with Crippen LogP contribution in [-0.4, -0.2) is 18.7 Å². The second kappa shape index (κ2) is 8.94. The molecule has 5 nitrogen and oxygen atoms in total. The van der Waals surface area contributed by atoms with Crippen LogP contribution in [0.2, 0.25) is 0 Å². The van der Waals surface area contributed by atoms with Crippen LogP contribution in [0.3, 0.4) is 0 Å². The van der Waals surface area contributed by atoms with Crippen molar-refractivity contribution in [2.75, 3.05) is 0 Å². The van der Waals surface area contributed by atoms with Crippen molar-refractivity contribution in [3.05, 3.63) is 225 Å². The Morgan fingerprint density at radius 3 is 1.25 bits per heavy atom. The van der Waals surface area contributed by atoms with Gasteiger partial charge < -0.3 is 0 Å². The molecule has 48 heavy (non-hydrogen) atoms. The van der Waals surface area contributed by atoms with E-state index >= 15 is 0 Å². The largest absolute Gasteiger partial charge is 0.114 e. The number of nitrogens with zero attached hydrogens (tertiary/aromatic N) is 5. The van der Waals surface area contributed by atoms with E-state index in [9.17, 15) is 0 Å². The number of quaternary nitrogens is 1. The number of allylic oxidation sites excluding steroid dienone is 3. The van der Waals surface area contributed by atoms with E-state index in [1.807, 2.05) is 6.08 Å². The predicted molar refractivity (Wildman–Crippen MR) is 191 cm³/mol. The van der Waals surface area contributed by atoms with Crippen molar-refractivity contribution in [2.45, 2.75) is 6.92 Å². The zero-order valence-corrected chi connectivity index (χ0v) is 26.4. The first kappa shape index (κ1) is 25.8. The number of benzene rings is 3. The summed E-state index contributed by atoms with van der Waals surface area (Å²) in [5.74, 6) is 0. The summed E-state index contributed by atoms with van der Waals surface area (Å²) in [6, 6.07) is 51.1. The molecule has 8 heterocycles. The quantitative estimate of drug-likeness (QED) is 0.191. The molecule has 3 aromatic carbocycles. The van der Waals surface area contributed by atoms with E-state index in [0.29, 0.717) is 4.92 Å². The first-order valence-electron chi connectivity index (χ1n) is 16.5. The Bertz CT molecular complexity index is 2820. The fraction of sp³-hybridized carbons (Fsp3) is 0.0233. The van der Waals surface area contributed by atoms with Gasteiger partial charge in [-0.25, -0.2) is 0 Å². The topological polar surface area (TPSA) is 19.7 Å². The maximum Gasteiger partial charge on any atom is 0.113 e. The average Bonchev–Trinajstić information content (AvgIpc) is 3.96. The molecule has 0 N–H and O–H groups in total. The molecular weight excluding hydrogens is 587 g/mol. The van der Waals surface area contributed by atoms with Crippen molar-refractivity contribution in [3.8, 4) is 0 Å². The molecule has 0 aliphatic carbocycles. The second-order valence-corrected chi connectivity index (χ2v) is 12.7. The number of hydrogen-bond donors (Lipinski definition) is 0. The molecule has 7 aromatic rings. The highest BCUT2D eigenvalue weighted by Gasteiger charge is 2.56. The van der Waals surface area contributed by atoms with E-state index in [-0.39, 0.29) is 0 Å². The highest BCUT2D eigenvalue weighted by molar-refractivity contribution is 5.89. The lowest BCUT2D eigenvalue weighted by Crippen LogP contribution is -2.82. The Labute approximate surface area is 276 Å². The molecule has 226 valence electrons. The van der Waals surface area contributed by atoms with E-state index in [4.69, 9.17) is 0 Å². The predicted octanol–water partition coefficient (Wildman–Crippen LogP) is 5.05. The maximum absolute atomic E-state index is 4.28. The molecule has 1 spiro atoms. The average molecular weight is 617 g/mol. The van der Waals surface area contributed by atoms with Crippen molar-refractivity contribution < 1.29 is 0 Å². The van der Waals surface area contributed by atoms with Crippen LogP contribution >= 0.6 is 0 Å². The summed E-state index contributed by atoms with van der Waals surface area (Å²) in [6.45, 7) is 6.39. The van der Waals surface area contributed by atoms with Crippen LogP contribution in [0.15, 0.2) is 164 Å². The Morgan fingerprint density at radius 1 is 0.458 bits per heavy atom. The fourth-order valence-corrected chi connectivity index (χ4v) is 8.81. The number of hydrogen-bond acceptors (Lipinski definition) is 0. The molecule has 5 heteroatoms. The molecular formula is C43H30N5+. The molecule has 1 unspecified atom stereocenters. The monoisotopic (exact) mass is 616 g/mol. The number of aromatic nitrogens is 4. The van der Waals surface area contributed by atoms with Gasteiger partial charge in [0, 0.05) is 22.3 Å². The van der Waals surface area contributed by atoms with Crippen molar-refractivity contribution in [1.29, 1.82) is 0 Å². The van der Waals surface area contributed by atoms with Gasteiger partial charge in [0.25, 0.3) is 0 Å². The Morgan fingerprint density at radius 2 is 0.833 bits per heavy atom. The summed E-state index contributed by atoms with van der Waals surface area (Å²) in [6.07, 6.45) is 4.18. The maximum atomic E-state index is 4.28. The molecule has 0 fully saturated rings. The summed E-state index contributed by atoms with van der Waals surface area (Å²) in [7, 11) is 0. The van der Waals surface area contributed by atoms with Crippen LogP contribution < -0.4 is 26.3 Å². The summed E-state index contributed by atoms with van der Waals surface area (Å²) in [4.78, 5) is 0.297. The van der Waals surface area contributed by atoms with Gasteiger partial charge in [0.2, 0.25) is 0 Å². The summed E-state index contributed by atoms with van der Waals surface area (Å²) in [5.41, 5.74) is 14.2. The minimum atomic E-state index is 0.297. The molecule has 4 aliphatic rings. The molecule has 11 rings (SSSR count). The first-order valence-corrected chi connectivity index (χ1v) is 16.5.